The normalized spacial score (nSPS) is 12.9. The minimum absolute atomic E-state index is 0.0297. The minimum Gasteiger partial charge on any atom is -0.453 e. The van der Waals surface area contributed by atoms with E-state index >= 15 is 0 Å². The van der Waals surface area contributed by atoms with Crippen LogP contribution in [0.5, 0.6) is 0 Å². The van der Waals surface area contributed by atoms with Crippen LogP contribution >= 0.6 is 11.6 Å². The molecule has 2 aromatic heterocycles. The molecule has 0 fully saturated rings. The van der Waals surface area contributed by atoms with Gasteiger partial charge in [0.25, 0.3) is 0 Å². The fraction of sp³-hybridized carbons (Fsp3) is 0.364. The molecule has 5 nitrogen and oxygen atoms in total. The van der Waals surface area contributed by atoms with Crippen LogP contribution in [0.3, 0.4) is 0 Å². The number of nitrogens with two attached hydrogens (primary N) is 1. The molecule has 0 saturated heterocycles. The van der Waals surface area contributed by atoms with Crippen LogP contribution in [0.25, 0.3) is 0 Å². The van der Waals surface area contributed by atoms with E-state index in [0.29, 0.717) is 5.22 Å². The Labute approximate surface area is 105 Å². The van der Waals surface area contributed by atoms with Gasteiger partial charge in [0, 0.05) is 31.4 Å². The van der Waals surface area contributed by atoms with Crippen LogP contribution in [-0.2, 0) is 13.5 Å². The summed E-state index contributed by atoms with van der Waals surface area (Å²) in [6.07, 6.45) is 6.89. The molecular formula is C11H15ClN4O. The van der Waals surface area contributed by atoms with Gasteiger partial charge in [-0.1, -0.05) is 0 Å². The summed E-state index contributed by atoms with van der Waals surface area (Å²) in [6, 6.07) is 1.80. The Morgan fingerprint density at radius 2 is 2.47 bits per heavy atom. The van der Waals surface area contributed by atoms with Gasteiger partial charge in [0.15, 0.2) is 5.22 Å². The minimum atomic E-state index is -0.0297. The molecule has 0 spiro atoms. The van der Waals surface area contributed by atoms with Gasteiger partial charge in [-0.2, -0.15) is 0 Å². The van der Waals surface area contributed by atoms with Gasteiger partial charge in [0.05, 0.1) is 12.3 Å². The molecule has 2 aromatic rings. The van der Waals surface area contributed by atoms with E-state index in [9.17, 15) is 0 Å². The first-order chi connectivity index (χ1) is 8.22. The van der Waals surface area contributed by atoms with Gasteiger partial charge < -0.3 is 8.98 Å². The van der Waals surface area contributed by atoms with E-state index in [1.807, 2.05) is 23.9 Å². The number of halogens is 1. The Kier molecular flexibility index (Phi) is 3.83. The number of furan rings is 1. The van der Waals surface area contributed by atoms with Gasteiger partial charge in [0.2, 0.25) is 0 Å². The number of hydrazine groups is 1. The van der Waals surface area contributed by atoms with E-state index in [4.69, 9.17) is 21.9 Å². The Balaban J connectivity index is 2.02. The zero-order valence-electron chi connectivity index (χ0n) is 9.56. The first kappa shape index (κ1) is 12.2. The topological polar surface area (TPSA) is 69.0 Å². The highest BCUT2D eigenvalue weighted by Gasteiger charge is 2.16. The lowest BCUT2D eigenvalue weighted by Gasteiger charge is -2.14. The number of aromatic nitrogens is 2. The van der Waals surface area contributed by atoms with E-state index in [2.05, 4.69) is 10.4 Å². The predicted molar refractivity (Wildman–Crippen MR) is 65.3 cm³/mol. The summed E-state index contributed by atoms with van der Waals surface area (Å²) in [5, 5.41) is 0.382. The molecule has 2 rings (SSSR count). The maximum atomic E-state index is 5.92. The van der Waals surface area contributed by atoms with Crippen molar-refractivity contribution in [2.45, 2.75) is 18.9 Å². The molecule has 92 valence electrons. The summed E-state index contributed by atoms with van der Waals surface area (Å²) in [5.41, 5.74) is 3.62. The van der Waals surface area contributed by atoms with Crippen LogP contribution in [0, 0.1) is 0 Å². The van der Waals surface area contributed by atoms with E-state index in [1.54, 1.807) is 12.5 Å². The average molecular weight is 255 g/mol. The maximum Gasteiger partial charge on any atom is 0.197 e. The summed E-state index contributed by atoms with van der Waals surface area (Å²) in [7, 11) is 1.97. The third-order valence-corrected chi connectivity index (χ3v) is 3.11. The molecule has 0 radical (unpaired) electrons. The lowest BCUT2D eigenvalue weighted by molar-refractivity contribution is 0.495. The van der Waals surface area contributed by atoms with Crippen LogP contribution in [0.4, 0.5) is 0 Å². The molecule has 1 atom stereocenters. The van der Waals surface area contributed by atoms with Crippen molar-refractivity contribution in [2.75, 3.05) is 0 Å². The highest BCUT2D eigenvalue weighted by Crippen LogP contribution is 2.26. The molecule has 0 saturated carbocycles. The third kappa shape index (κ3) is 2.69. The van der Waals surface area contributed by atoms with Crippen LogP contribution in [0.2, 0.25) is 5.22 Å². The van der Waals surface area contributed by atoms with Crippen molar-refractivity contribution in [2.24, 2.45) is 12.9 Å². The lowest BCUT2D eigenvalue weighted by Crippen LogP contribution is -2.28. The van der Waals surface area contributed by atoms with E-state index in [0.717, 1.165) is 24.2 Å². The molecule has 0 aromatic carbocycles. The number of aryl methyl sites for hydroxylation is 2. The first-order valence-electron chi connectivity index (χ1n) is 5.37. The molecular weight excluding hydrogens is 240 g/mol. The number of rotatable bonds is 5. The second-order valence-electron chi connectivity index (χ2n) is 3.86. The Morgan fingerprint density at radius 3 is 3.00 bits per heavy atom. The fourth-order valence-corrected chi connectivity index (χ4v) is 2.04. The molecule has 2 heterocycles. The molecule has 17 heavy (non-hydrogen) atoms. The molecule has 3 N–H and O–H groups in total. The highest BCUT2D eigenvalue weighted by atomic mass is 35.5. The van der Waals surface area contributed by atoms with Gasteiger partial charge in [-0.25, -0.2) is 4.98 Å². The second-order valence-corrected chi connectivity index (χ2v) is 4.21. The molecule has 0 aliphatic heterocycles. The maximum absolute atomic E-state index is 5.92. The van der Waals surface area contributed by atoms with Crippen molar-refractivity contribution in [1.82, 2.24) is 15.0 Å². The van der Waals surface area contributed by atoms with E-state index in [-0.39, 0.29) is 6.04 Å². The van der Waals surface area contributed by atoms with E-state index < -0.39 is 0 Å². The van der Waals surface area contributed by atoms with Crippen molar-refractivity contribution >= 4 is 11.6 Å². The fourth-order valence-electron chi connectivity index (χ4n) is 1.79. The number of hydrogen-bond acceptors (Lipinski definition) is 4. The largest absolute Gasteiger partial charge is 0.453 e. The predicted octanol–water partition coefficient (Wildman–Crippen LogP) is 1.80. The summed E-state index contributed by atoms with van der Waals surface area (Å²) in [4.78, 5) is 4.26. The zero-order chi connectivity index (χ0) is 12.3. The lowest BCUT2D eigenvalue weighted by atomic mass is 10.1. The smallest absolute Gasteiger partial charge is 0.197 e. The van der Waals surface area contributed by atoms with Crippen LogP contribution in [-0.4, -0.2) is 9.55 Å². The quantitative estimate of drug-likeness (QED) is 0.631. The molecule has 6 heteroatoms. The van der Waals surface area contributed by atoms with Gasteiger partial charge >= 0.3 is 0 Å². The number of nitrogens with one attached hydrogen (secondary N) is 1. The van der Waals surface area contributed by atoms with Crippen LogP contribution in [0.1, 0.15) is 23.9 Å². The number of nitrogens with zero attached hydrogens (tertiary/aromatic N) is 2. The summed E-state index contributed by atoms with van der Waals surface area (Å²) >= 11 is 5.92. The van der Waals surface area contributed by atoms with Crippen molar-refractivity contribution in [3.05, 3.63) is 41.3 Å². The molecule has 0 aliphatic rings. The molecule has 1 unspecified atom stereocenters. The SMILES string of the molecule is Cn1ccnc1CCC(NN)c1ccoc1Cl. The van der Waals surface area contributed by atoms with Gasteiger partial charge in [-0.3, -0.25) is 11.3 Å². The monoisotopic (exact) mass is 254 g/mol. The van der Waals surface area contributed by atoms with Crippen molar-refractivity contribution in [1.29, 1.82) is 0 Å². The van der Waals surface area contributed by atoms with Gasteiger partial charge in [-0.05, 0) is 24.1 Å². The average Bonchev–Trinajstić information content (AvgIpc) is 2.90. The molecule has 0 aliphatic carbocycles. The Hall–Kier alpha value is -1.30. The summed E-state index contributed by atoms with van der Waals surface area (Å²) < 4.78 is 7.05. The van der Waals surface area contributed by atoms with Crippen molar-refractivity contribution in [3.8, 4) is 0 Å². The van der Waals surface area contributed by atoms with Crippen molar-refractivity contribution in [3.63, 3.8) is 0 Å². The first-order valence-corrected chi connectivity index (χ1v) is 5.75. The van der Waals surface area contributed by atoms with Crippen molar-refractivity contribution < 1.29 is 4.42 Å². The Bertz CT molecular complexity index is 479. The third-order valence-electron chi connectivity index (χ3n) is 2.80. The highest BCUT2D eigenvalue weighted by molar-refractivity contribution is 6.29. The summed E-state index contributed by atoms with van der Waals surface area (Å²) in [6.45, 7) is 0. The second kappa shape index (κ2) is 5.35. The van der Waals surface area contributed by atoms with Gasteiger partial charge in [0.1, 0.15) is 5.82 Å². The zero-order valence-corrected chi connectivity index (χ0v) is 10.3. The molecule has 0 amide bonds. The standard InChI is InChI=1S/C11H15ClN4O/c1-16-6-5-14-10(16)3-2-9(15-13)8-4-7-17-11(8)12/h4-7,9,15H,2-3,13H2,1H3. The van der Waals surface area contributed by atoms with Crippen LogP contribution < -0.4 is 11.3 Å². The number of hydrogen-bond donors (Lipinski definition) is 2. The van der Waals surface area contributed by atoms with E-state index in [1.165, 1.54) is 0 Å². The van der Waals surface area contributed by atoms with Gasteiger partial charge in [-0.15, -0.1) is 0 Å². The summed E-state index contributed by atoms with van der Waals surface area (Å²) in [5.74, 6) is 6.55. The van der Waals surface area contributed by atoms with Crippen LogP contribution in [0.15, 0.2) is 29.1 Å². The number of imidazole rings is 1. The Morgan fingerprint density at radius 1 is 1.65 bits per heavy atom. The molecule has 0 bridgehead atoms.